The maximum Gasteiger partial charge on any atom is 0.124 e. The highest BCUT2D eigenvalue weighted by Crippen LogP contribution is 2.36. The van der Waals surface area contributed by atoms with Crippen LogP contribution < -0.4 is 10.5 Å². The number of hydrogen-bond acceptors (Lipinski definition) is 2. The maximum atomic E-state index is 6.33. The molecule has 0 saturated heterocycles. The van der Waals surface area contributed by atoms with E-state index in [1.165, 1.54) is 42.4 Å². The fraction of sp³-hybridized carbons (Fsp3) is 0.600. The second kappa shape index (κ2) is 4.69. The molecule has 2 nitrogen and oxygen atoms in total. The number of fused-ring (bicyclic) bond motifs is 1. The summed E-state index contributed by atoms with van der Waals surface area (Å²) in [4.78, 5) is 0. The van der Waals surface area contributed by atoms with Crippen molar-refractivity contribution in [3.05, 3.63) is 28.8 Å². The summed E-state index contributed by atoms with van der Waals surface area (Å²) in [5.74, 6) is 0.943. The zero-order valence-electron chi connectivity index (χ0n) is 11.2. The molecular formula is C15H23NO. The van der Waals surface area contributed by atoms with Crippen LogP contribution in [0.4, 0.5) is 0 Å². The van der Waals surface area contributed by atoms with Crippen molar-refractivity contribution >= 4 is 0 Å². The van der Waals surface area contributed by atoms with E-state index in [2.05, 4.69) is 26.0 Å². The molecular weight excluding hydrogens is 210 g/mol. The fourth-order valence-corrected chi connectivity index (χ4v) is 2.86. The minimum atomic E-state index is -0.332. The van der Waals surface area contributed by atoms with Gasteiger partial charge in [-0.3, -0.25) is 0 Å². The summed E-state index contributed by atoms with van der Waals surface area (Å²) in [5.41, 5.74) is 10.1. The average molecular weight is 233 g/mol. The molecule has 1 aliphatic carbocycles. The molecule has 0 atom stereocenters. The molecule has 0 fully saturated rings. The lowest BCUT2D eigenvalue weighted by Crippen LogP contribution is -2.31. The third-order valence-electron chi connectivity index (χ3n) is 3.61. The minimum Gasteiger partial charge on any atom is -0.496 e. The van der Waals surface area contributed by atoms with Gasteiger partial charge in [0.2, 0.25) is 0 Å². The quantitative estimate of drug-likeness (QED) is 0.796. The van der Waals surface area contributed by atoms with Crippen LogP contribution in [-0.2, 0) is 18.4 Å². The van der Waals surface area contributed by atoms with Crippen LogP contribution in [0.15, 0.2) is 12.1 Å². The average Bonchev–Trinajstić information content (AvgIpc) is 2.50. The van der Waals surface area contributed by atoms with Crippen LogP contribution in [0, 0.1) is 0 Å². The summed E-state index contributed by atoms with van der Waals surface area (Å²) in [5, 5.41) is 0. The lowest BCUT2D eigenvalue weighted by molar-refractivity contribution is 0.392. The van der Waals surface area contributed by atoms with Crippen molar-refractivity contribution in [1.82, 2.24) is 0 Å². The van der Waals surface area contributed by atoms with Gasteiger partial charge in [0, 0.05) is 11.1 Å². The SMILES string of the molecule is COc1ccc2c(c1C(C)(C)N)CCCCC2. The van der Waals surface area contributed by atoms with Crippen molar-refractivity contribution in [3.63, 3.8) is 0 Å². The van der Waals surface area contributed by atoms with Crippen LogP contribution in [0.5, 0.6) is 5.75 Å². The third-order valence-corrected chi connectivity index (χ3v) is 3.61. The largest absolute Gasteiger partial charge is 0.496 e. The van der Waals surface area contributed by atoms with Gasteiger partial charge in [-0.2, -0.15) is 0 Å². The van der Waals surface area contributed by atoms with Gasteiger partial charge in [-0.15, -0.1) is 0 Å². The maximum absolute atomic E-state index is 6.33. The topological polar surface area (TPSA) is 35.2 Å². The highest BCUT2D eigenvalue weighted by molar-refractivity contribution is 5.49. The first-order chi connectivity index (χ1) is 8.04. The molecule has 0 amide bonds. The van der Waals surface area contributed by atoms with Gasteiger partial charge in [0.1, 0.15) is 5.75 Å². The Morgan fingerprint density at radius 3 is 2.47 bits per heavy atom. The second-order valence-electron chi connectivity index (χ2n) is 5.56. The Balaban J connectivity index is 2.59. The standard InChI is InChI=1S/C15H23NO/c1-15(2,16)14-12-8-6-4-5-7-11(12)9-10-13(14)17-3/h9-10H,4-8,16H2,1-3H3. The van der Waals surface area contributed by atoms with Gasteiger partial charge in [0.15, 0.2) is 0 Å². The van der Waals surface area contributed by atoms with E-state index in [4.69, 9.17) is 10.5 Å². The van der Waals surface area contributed by atoms with Gasteiger partial charge < -0.3 is 10.5 Å². The number of hydrogen-bond donors (Lipinski definition) is 1. The predicted molar refractivity (Wildman–Crippen MR) is 71.5 cm³/mol. The highest BCUT2D eigenvalue weighted by Gasteiger charge is 2.25. The predicted octanol–water partition coefficient (Wildman–Crippen LogP) is 3.16. The van der Waals surface area contributed by atoms with Crippen LogP contribution >= 0.6 is 0 Å². The monoisotopic (exact) mass is 233 g/mol. The summed E-state index contributed by atoms with van der Waals surface area (Å²) in [6, 6.07) is 4.29. The first kappa shape index (κ1) is 12.4. The molecule has 1 aliphatic rings. The Labute approximate surface area is 104 Å². The van der Waals surface area contributed by atoms with Crippen LogP contribution in [0.2, 0.25) is 0 Å². The molecule has 2 rings (SSSR count). The van der Waals surface area contributed by atoms with E-state index in [-0.39, 0.29) is 5.54 Å². The van der Waals surface area contributed by atoms with Gasteiger partial charge in [-0.25, -0.2) is 0 Å². The molecule has 0 heterocycles. The minimum absolute atomic E-state index is 0.332. The van der Waals surface area contributed by atoms with Crippen LogP contribution in [-0.4, -0.2) is 7.11 Å². The van der Waals surface area contributed by atoms with Crippen molar-refractivity contribution in [2.45, 2.75) is 51.5 Å². The Hall–Kier alpha value is -1.02. The number of methoxy groups -OCH3 is 1. The van der Waals surface area contributed by atoms with Gasteiger partial charge >= 0.3 is 0 Å². The molecule has 0 bridgehead atoms. The molecule has 17 heavy (non-hydrogen) atoms. The van der Waals surface area contributed by atoms with Crippen molar-refractivity contribution in [2.75, 3.05) is 7.11 Å². The molecule has 0 aromatic heterocycles. The Morgan fingerprint density at radius 2 is 1.82 bits per heavy atom. The van der Waals surface area contributed by atoms with Crippen LogP contribution in [0.1, 0.15) is 49.8 Å². The molecule has 0 unspecified atom stereocenters. The fourth-order valence-electron chi connectivity index (χ4n) is 2.86. The lowest BCUT2D eigenvalue weighted by atomic mass is 9.85. The Bertz CT molecular complexity index is 404. The van der Waals surface area contributed by atoms with E-state index >= 15 is 0 Å². The third kappa shape index (κ3) is 2.47. The zero-order chi connectivity index (χ0) is 12.5. The molecule has 0 radical (unpaired) electrons. The smallest absolute Gasteiger partial charge is 0.124 e. The van der Waals surface area contributed by atoms with Crippen molar-refractivity contribution in [2.24, 2.45) is 5.73 Å². The summed E-state index contributed by atoms with van der Waals surface area (Å²) in [6.07, 6.45) is 6.21. The first-order valence-corrected chi connectivity index (χ1v) is 6.52. The van der Waals surface area contributed by atoms with E-state index < -0.39 is 0 Å². The first-order valence-electron chi connectivity index (χ1n) is 6.52. The molecule has 0 spiro atoms. The zero-order valence-corrected chi connectivity index (χ0v) is 11.2. The van der Waals surface area contributed by atoms with E-state index in [0.717, 1.165) is 12.2 Å². The van der Waals surface area contributed by atoms with Gasteiger partial charge in [0.25, 0.3) is 0 Å². The molecule has 0 saturated carbocycles. The Kier molecular flexibility index (Phi) is 3.43. The van der Waals surface area contributed by atoms with E-state index in [0.29, 0.717) is 0 Å². The Morgan fingerprint density at radius 1 is 1.12 bits per heavy atom. The van der Waals surface area contributed by atoms with Crippen molar-refractivity contribution in [1.29, 1.82) is 0 Å². The number of nitrogens with two attached hydrogens (primary N) is 1. The molecule has 1 aromatic carbocycles. The van der Waals surface area contributed by atoms with Gasteiger partial charge in [-0.05, 0) is 56.7 Å². The summed E-state index contributed by atoms with van der Waals surface area (Å²) in [7, 11) is 1.73. The number of benzene rings is 1. The van der Waals surface area contributed by atoms with Crippen LogP contribution in [0.3, 0.4) is 0 Å². The summed E-state index contributed by atoms with van der Waals surface area (Å²) < 4.78 is 5.50. The lowest BCUT2D eigenvalue weighted by Gasteiger charge is -2.27. The van der Waals surface area contributed by atoms with E-state index in [1.807, 2.05) is 0 Å². The van der Waals surface area contributed by atoms with Gasteiger partial charge in [0.05, 0.1) is 7.11 Å². The van der Waals surface area contributed by atoms with E-state index in [1.54, 1.807) is 7.11 Å². The second-order valence-corrected chi connectivity index (χ2v) is 5.56. The number of ether oxygens (including phenoxy) is 1. The van der Waals surface area contributed by atoms with Crippen LogP contribution in [0.25, 0.3) is 0 Å². The highest BCUT2D eigenvalue weighted by atomic mass is 16.5. The molecule has 2 heteroatoms. The van der Waals surface area contributed by atoms with E-state index in [9.17, 15) is 0 Å². The normalized spacial score (nSPS) is 16.2. The number of rotatable bonds is 2. The molecule has 2 N–H and O–H groups in total. The summed E-state index contributed by atoms with van der Waals surface area (Å²) in [6.45, 7) is 4.13. The molecule has 0 aliphatic heterocycles. The van der Waals surface area contributed by atoms with Gasteiger partial charge in [-0.1, -0.05) is 12.5 Å². The molecule has 1 aromatic rings. The number of aryl methyl sites for hydroxylation is 1. The van der Waals surface area contributed by atoms with Crippen molar-refractivity contribution < 1.29 is 4.74 Å². The summed E-state index contributed by atoms with van der Waals surface area (Å²) >= 11 is 0. The molecule has 94 valence electrons. The van der Waals surface area contributed by atoms with Crippen molar-refractivity contribution in [3.8, 4) is 5.75 Å².